The van der Waals surface area contributed by atoms with Crippen molar-refractivity contribution in [2.24, 2.45) is 11.7 Å². The lowest BCUT2D eigenvalue weighted by atomic mass is 9.98. The summed E-state index contributed by atoms with van der Waals surface area (Å²) in [4.78, 5) is 12.2. The van der Waals surface area contributed by atoms with Crippen molar-refractivity contribution in [3.8, 4) is 11.8 Å². The Hall–Kier alpha value is -1.83. The fraction of sp³-hybridized carbons (Fsp3) is 0.471. The lowest BCUT2D eigenvalue weighted by molar-refractivity contribution is -0.126. The lowest BCUT2D eigenvalue weighted by Crippen LogP contribution is -2.34. The van der Waals surface area contributed by atoms with Crippen LogP contribution in [0.25, 0.3) is 0 Å². The van der Waals surface area contributed by atoms with Crippen molar-refractivity contribution in [1.29, 1.82) is 0 Å². The maximum atomic E-state index is 12.2. The molecule has 1 aliphatic heterocycles. The van der Waals surface area contributed by atoms with Gasteiger partial charge < -0.3 is 15.8 Å². The zero-order valence-electron chi connectivity index (χ0n) is 12.4. The van der Waals surface area contributed by atoms with Gasteiger partial charge in [-0.25, -0.2) is 0 Å². The van der Waals surface area contributed by atoms with Crippen LogP contribution in [-0.4, -0.2) is 25.2 Å². The smallest absolute Gasteiger partial charge is 0.226 e. The van der Waals surface area contributed by atoms with Crippen LogP contribution in [-0.2, 0) is 16.1 Å². The molecule has 3 N–H and O–H groups in total. The first kappa shape index (κ1) is 15.6. The molecule has 1 amide bonds. The van der Waals surface area contributed by atoms with Crippen LogP contribution in [0.2, 0.25) is 0 Å². The molecule has 0 radical (unpaired) electrons. The minimum Gasteiger partial charge on any atom is -0.377 e. The Morgan fingerprint density at radius 3 is 2.86 bits per heavy atom. The molecule has 1 aliphatic rings. The minimum absolute atomic E-state index is 0.00954. The number of benzene rings is 1. The molecule has 0 saturated carbocycles. The van der Waals surface area contributed by atoms with Gasteiger partial charge in [-0.1, -0.05) is 30.9 Å². The summed E-state index contributed by atoms with van der Waals surface area (Å²) >= 11 is 0. The van der Waals surface area contributed by atoms with E-state index in [0.29, 0.717) is 19.7 Å². The Morgan fingerprint density at radius 1 is 1.43 bits per heavy atom. The number of rotatable bonds is 4. The van der Waals surface area contributed by atoms with E-state index in [1.54, 1.807) is 0 Å². The molecule has 0 aliphatic carbocycles. The first-order chi connectivity index (χ1) is 10.2. The van der Waals surface area contributed by atoms with Crippen molar-refractivity contribution in [3.63, 3.8) is 0 Å². The number of hydrogen-bond donors (Lipinski definition) is 2. The van der Waals surface area contributed by atoms with Gasteiger partial charge >= 0.3 is 0 Å². The molecule has 2 atom stereocenters. The van der Waals surface area contributed by atoms with Gasteiger partial charge in [0.05, 0.1) is 18.6 Å². The molecule has 1 aromatic rings. The Labute approximate surface area is 126 Å². The summed E-state index contributed by atoms with van der Waals surface area (Å²) in [7, 11) is 0. The highest BCUT2D eigenvalue weighted by Gasteiger charge is 2.32. The summed E-state index contributed by atoms with van der Waals surface area (Å²) in [5.74, 6) is 5.87. The van der Waals surface area contributed by atoms with Gasteiger partial charge in [0.1, 0.15) is 0 Å². The van der Waals surface area contributed by atoms with Gasteiger partial charge in [0.2, 0.25) is 5.91 Å². The first-order valence-corrected chi connectivity index (χ1v) is 7.41. The van der Waals surface area contributed by atoms with Gasteiger partial charge in [-0.2, -0.15) is 0 Å². The van der Waals surface area contributed by atoms with Crippen LogP contribution in [0.4, 0.5) is 0 Å². The molecule has 2 unspecified atom stereocenters. The van der Waals surface area contributed by atoms with Crippen molar-refractivity contribution in [2.75, 3.05) is 13.2 Å². The number of amides is 1. The maximum Gasteiger partial charge on any atom is 0.226 e. The SMILES string of the molecule is CCC1OCCC1C(=O)NCc1ccc(C#CCN)cc1. The van der Waals surface area contributed by atoms with Crippen molar-refractivity contribution in [2.45, 2.75) is 32.4 Å². The second-order valence-electron chi connectivity index (χ2n) is 5.13. The predicted molar refractivity (Wildman–Crippen MR) is 82.4 cm³/mol. The number of ether oxygens (including phenoxy) is 1. The molecule has 0 bridgehead atoms. The van der Waals surface area contributed by atoms with Crippen LogP contribution in [0.1, 0.15) is 30.9 Å². The van der Waals surface area contributed by atoms with Gasteiger partial charge in [0.15, 0.2) is 0 Å². The molecule has 1 aromatic carbocycles. The molecule has 4 nitrogen and oxygen atoms in total. The number of carbonyl (C=O) groups is 1. The van der Waals surface area contributed by atoms with Crippen LogP contribution in [0.3, 0.4) is 0 Å². The third-order valence-corrected chi connectivity index (χ3v) is 3.70. The molecule has 1 fully saturated rings. The zero-order valence-corrected chi connectivity index (χ0v) is 12.4. The number of nitrogens with one attached hydrogen (secondary N) is 1. The Bertz CT molecular complexity index is 528. The molecular weight excluding hydrogens is 264 g/mol. The van der Waals surface area contributed by atoms with Gasteiger partial charge in [0.25, 0.3) is 0 Å². The average Bonchev–Trinajstić information content (AvgIpc) is 3.00. The standard InChI is InChI=1S/C17H22N2O2/c1-2-16-15(9-11-21-16)17(20)19-12-14-7-5-13(6-8-14)4-3-10-18/h5-8,15-16H,2,9-12,18H2,1H3,(H,19,20). The molecular formula is C17H22N2O2. The number of carbonyl (C=O) groups excluding carboxylic acids is 1. The topological polar surface area (TPSA) is 64.3 Å². The molecule has 0 spiro atoms. The van der Waals surface area contributed by atoms with Crippen LogP contribution in [0.15, 0.2) is 24.3 Å². The van der Waals surface area contributed by atoms with E-state index in [2.05, 4.69) is 24.1 Å². The zero-order chi connectivity index (χ0) is 15.1. The van der Waals surface area contributed by atoms with E-state index in [0.717, 1.165) is 24.0 Å². The van der Waals surface area contributed by atoms with Gasteiger partial charge in [-0.15, -0.1) is 0 Å². The third-order valence-electron chi connectivity index (χ3n) is 3.70. The van der Waals surface area contributed by atoms with Crippen LogP contribution >= 0.6 is 0 Å². The summed E-state index contributed by atoms with van der Waals surface area (Å²) in [6.07, 6.45) is 1.77. The summed E-state index contributed by atoms with van der Waals surface area (Å²) < 4.78 is 5.55. The Kier molecular flexibility index (Phi) is 5.79. The minimum atomic E-state index is -0.00954. The van der Waals surface area contributed by atoms with E-state index in [4.69, 9.17) is 10.5 Å². The van der Waals surface area contributed by atoms with Crippen molar-refractivity contribution in [3.05, 3.63) is 35.4 Å². The van der Waals surface area contributed by atoms with Crippen LogP contribution in [0.5, 0.6) is 0 Å². The largest absolute Gasteiger partial charge is 0.377 e. The molecule has 21 heavy (non-hydrogen) atoms. The summed E-state index contributed by atoms with van der Waals surface area (Å²) in [6.45, 7) is 3.64. The molecule has 1 heterocycles. The van der Waals surface area contributed by atoms with E-state index in [9.17, 15) is 4.79 Å². The number of nitrogens with two attached hydrogens (primary N) is 1. The predicted octanol–water partition coefficient (Wildman–Crippen LogP) is 1.43. The molecule has 0 aromatic heterocycles. The lowest BCUT2D eigenvalue weighted by Gasteiger charge is -2.16. The van der Waals surface area contributed by atoms with Crippen molar-refractivity contribution < 1.29 is 9.53 Å². The monoisotopic (exact) mass is 286 g/mol. The van der Waals surface area contributed by atoms with E-state index in [1.165, 1.54) is 0 Å². The van der Waals surface area contributed by atoms with Gasteiger partial charge in [0, 0.05) is 18.7 Å². The normalized spacial score (nSPS) is 20.7. The van der Waals surface area contributed by atoms with Gasteiger partial charge in [-0.05, 0) is 30.5 Å². The van der Waals surface area contributed by atoms with E-state index >= 15 is 0 Å². The summed E-state index contributed by atoms with van der Waals surface area (Å²) in [6, 6.07) is 7.84. The highest BCUT2D eigenvalue weighted by Crippen LogP contribution is 2.23. The fourth-order valence-electron chi connectivity index (χ4n) is 2.53. The third kappa shape index (κ3) is 4.32. The fourth-order valence-corrected chi connectivity index (χ4v) is 2.53. The van der Waals surface area contributed by atoms with Crippen LogP contribution in [0, 0.1) is 17.8 Å². The Morgan fingerprint density at radius 2 is 2.19 bits per heavy atom. The van der Waals surface area contributed by atoms with Crippen molar-refractivity contribution >= 4 is 5.91 Å². The molecule has 112 valence electrons. The maximum absolute atomic E-state index is 12.2. The number of hydrogen-bond acceptors (Lipinski definition) is 3. The van der Waals surface area contributed by atoms with Crippen molar-refractivity contribution in [1.82, 2.24) is 5.32 Å². The first-order valence-electron chi connectivity index (χ1n) is 7.41. The van der Waals surface area contributed by atoms with Crippen LogP contribution < -0.4 is 11.1 Å². The highest BCUT2D eigenvalue weighted by molar-refractivity contribution is 5.79. The van der Waals surface area contributed by atoms with E-state index in [1.807, 2.05) is 24.3 Å². The quantitative estimate of drug-likeness (QED) is 0.823. The average molecular weight is 286 g/mol. The molecule has 2 rings (SSSR count). The second kappa shape index (κ2) is 7.82. The molecule has 4 heteroatoms. The highest BCUT2D eigenvalue weighted by atomic mass is 16.5. The Balaban J connectivity index is 1.86. The second-order valence-corrected chi connectivity index (χ2v) is 5.13. The summed E-state index contributed by atoms with van der Waals surface area (Å²) in [5, 5.41) is 2.99. The molecule has 1 saturated heterocycles. The summed E-state index contributed by atoms with van der Waals surface area (Å²) in [5.41, 5.74) is 7.34. The van der Waals surface area contributed by atoms with Gasteiger partial charge in [-0.3, -0.25) is 4.79 Å². The van der Waals surface area contributed by atoms with E-state index in [-0.39, 0.29) is 17.9 Å². The van der Waals surface area contributed by atoms with E-state index < -0.39 is 0 Å².